The Morgan fingerprint density at radius 3 is 2.86 bits per heavy atom. The number of fused-ring (bicyclic) bond motifs is 7. The second-order valence-electron chi connectivity index (χ2n) is 12.3. The van der Waals surface area contributed by atoms with Gasteiger partial charge in [0.1, 0.15) is 5.82 Å². The highest BCUT2D eigenvalue weighted by Gasteiger charge is 2.59. The molecule has 1 N–H and O–H groups in total. The second-order valence-corrected chi connectivity index (χ2v) is 13.3. The molecule has 2 heterocycles. The maximum absolute atomic E-state index is 11.4. The first-order valence-electron chi connectivity index (χ1n) is 13.8. The maximum atomic E-state index is 11.4. The van der Waals surface area contributed by atoms with E-state index < -0.39 is 0 Å². The predicted molar refractivity (Wildman–Crippen MR) is 145 cm³/mol. The monoisotopic (exact) mass is 505 g/mol. The minimum atomic E-state index is -0.152. The number of carbonyl (C=O) groups is 1. The number of rotatable bonds is 5. The van der Waals surface area contributed by atoms with Crippen molar-refractivity contribution in [1.82, 2.24) is 9.97 Å². The number of hydrogen-bond donors (Lipinski definition) is 1. The fraction of sp³-hybridized carbons (Fsp3) is 0.633. The summed E-state index contributed by atoms with van der Waals surface area (Å²) in [6.45, 7) is 9.52. The van der Waals surface area contributed by atoms with Crippen molar-refractivity contribution < 1.29 is 9.53 Å². The Hall–Kier alpha value is -2.21. The zero-order valence-corrected chi connectivity index (χ0v) is 22.9. The van der Waals surface area contributed by atoms with Crippen molar-refractivity contribution in [2.24, 2.45) is 40.4 Å². The number of hydrogen-bond acceptors (Lipinski definition) is 6. The van der Waals surface area contributed by atoms with Gasteiger partial charge in [0.05, 0.1) is 17.2 Å². The minimum absolute atomic E-state index is 0.152. The lowest BCUT2D eigenvalue weighted by atomic mass is 9.47. The van der Waals surface area contributed by atoms with Gasteiger partial charge in [-0.15, -0.1) is 0 Å². The molecule has 0 aromatic carbocycles. The number of allylic oxidation sites excluding steroid dienone is 2. The van der Waals surface area contributed by atoms with Gasteiger partial charge in [0.25, 0.3) is 0 Å². The van der Waals surface area contributed by atoms with Crippen LogP contribution in [0, 0.1) is 40.4 Å². The van der Waals surface area contributed by atoms with Crippen molar-refractivity contribution >= 4 is 33.8 Å². The fourth-order valence-electron chi connectivity index (χ4n) is 8.82. The number of aromatic nitrogens is 2. The van der Waals surface area contributed by atoms with Crippen molar-refractivity contribution in [2.45, 2.75) is 72.6 Å². The Kier molecular flexibility index (Phi) is 6.01. The number of thiazole rings is 1. The van der Waals surface area contributed by atoms with E-state index in [1.807, 2.05) is 35.7 Å². The molecular formula is C30H39N3O2S. The number of esters is 1. The van der Waals surface area contributed by atoms with Crippen molar-refractivity contribution in [3.8, 4) is 0 Å². The highest BCUT2D eigenvalue weighted by Crippen LogP contribution is 2.68. The number of carbonyl (C=O) groups excluding carboxylic acids is 1. The molecule has 2 aromatic heterocycles. The highest BCUT2D eigenvalue weighted by molar-refractivity contribution is 7.16. The largest absolute Gasteiger partial charge is 0.466 e. The third kappa shape index (κ3) is 3.82. The number of nitrogens with one attached hydrogen (secondary N) is 1. The van der Waals surface area contributed by atoms with Gasteiger partial charge in [-0.05, 0) is 103 Å². The maximum Gasteiger partial charge on any atom is 0.302 e. The molecule has 36 heavy (non-hydrogen) atoms. The molecule has 192 valence electrons. The molecular weight excluding hydrogens is 466 g/mol. The van der Waals surface area contributed by atoms with E-state index in [4.69, 9.17) is 9.72 Å². The summed E-state index contributed by atoms with van der Waals surface area (Å²) in [5.74, 6) is 4.09. The molecule has 0 aliphatic heterocycles. The molecule has 4 aliphatic carbocycles. The standard InChI is InChI=1S/C30H39N3O2S/c1-18(17-35-19(2)34)21-10-11-22-20-8-9-24-27-25(32-28(36-27)33-26-7-5-6-16-31-26)13-15-30(24,4)23(20)12-14-29(21,22)3/h5-7,9,16,18,20-23H,8,10-15,17H2,1-4H3,(H,31,32,33)/t18-,20+,21-,22+,23+,29-,30-/m1/s1. The predicted octanol–water partition coefficient (Wildman–Crippen LogP) is 7.28. The van der Waals surface area contributed by atoms with E-state index in [0.717, 1.165) is 35.1 Å². The third-order valence-corrected chi connectivity index (χ3v) is 11.5. The van der Waals surface area contributed by atoms with Gasteiger partial charge in [0.2, 0.25) is 0 Å². The molecule has 6 heteroatoms. The van der Waals surface area contributed by atoms with E-state index in [9.17, 15) is 4.79 Å². The molecule has 2 aromatic rings. The topological polar surface area (TPSA) is 64.1 Å². The van der Waals surface area contributed by atoms with Gasteiger partial charge < -0.3 is 10.1 Å². The Bertz CT molecular complexity index is 1180. The van der Waals surface area contributed by atoms with Crippen LogP contribution in [-0.2, 0) is 16.0 Å². The van der Waals surface area contributed by atoms with Gasteiger partial charge in [-0.3, -0.25) is 4.79 Å². The molecule has 7 atom stereocenters. The summed E-state index contributed by atoms with van der Waals surface area (Å²) >= 11 is 1.81. The SMILES string of the molecule is CC(=O)OC[C@@H](C)[C@H]1CC[C@H]2[C@@H]3CC=C4c5sc(Nc6ccccn6)nc5CC[C@]4(C)[C@H]3CC[C@]12C. The fourth-order valence-corrected chi connectivity index (χ4v) is 10.0. The average Bonchev–Trinajstić information content (AvgIpc) is 3.43. The summed E-state index contributed by atoms with van der Waals surface area (Å²) in [4.78, 5) is 22.2. The zero-order valence-electron chi connectivity index (χ0n) is 22.0. The van der Waals surface area contributed by atoms with Gasteiger partial charge in [-0.25, -0.2) is 9.97 Å². The lowest BCUT2D eigenvalue weighted by Gasteiger charge is -2.57. The lowest BCUT2D eigenvalue weighted by Crippen LogP contribution is -2.50. The van der Waals surface area contributed by atoms with Gasteiger partial charge in [0, 0.05) is 13.1 Å². The van der Waals surface area contributed by atoms with Crippen LogP contribution in [0.15, 0.2) is 30.5 Å². The normalized spacial score (nSPS) is 35.5. The van der Waals surface area contributed by atoms with Crippen LogP contribution in [0.3, 0.4) is 0 Å². The quantitative estimate of drug-likeness (QED) is 0.433. The van der Waals surface area contributed by atoms with E-state index >= 15 is 0 Å². The Morgan fingerprint density at radius 2 is 2.08 bits per heavy atom. The van der Waals surface area contributed by atoms with Gasteiger partial charge in [-0.1, -0.05) is 44.3 Å². The van der Waals surface area contributed by atoms with Gasteiger partial charge in [0.15, 0.2) is 5.13 Å². The average molecular weight is 506 g/mol. The third-order valence-electron chi connectivity index (χ3n) is 10.5. The number of anilines is 2. The highest BCUT2D eigenvalue weighted by atomic mass is 32.1. The summed E-state index contributed by atoms with van der Waals surface area (Å²) in [7, 11) is 0. The Morgan fingerprint density at radius 1 is 1.22 bits per heavy atom. The Labute approximate surface area is 219 Å². The zero-order chi connectivity index (χ0) is 25.1. The van der Waals surface area contributed by atoms with E-state index in [1.54, 1.807) is 5.57 Å². The van der Waals surface area contributed by atoms with E-state index in [-0.39, 0.29) is 11.4 Å². The molecule has 0 spiro atoms. The molecule has 2 fully saturated rings. The first-order valence-corrected chi connectivity index (χ1v) is 14.6. The van der Waals surface area contributed by atoms with Crippen molar-refractivity contribution in [3.05, 3.63) is 41.0 Å². The van der Waals surface area contributed by atoms with Crippen LogP contribution in [0.4, 0.5) is 10.9 Å². The van der Waals surface area contributed by atoms with Crippen LogP contribution in [-0.4, -0.2) is 22.5 Å². The first-order chi connectivity index (χ1) is 17.3. The molecule has 5 nitrogen and oxygen atoms in total. The van der Waals surface area contributed by atoms with E-state index in [1.165, 1.54) is 56.0 Å². The van der Waals surface area contributed by atoms with Crippen LogP contribution >= 0.6 is 11.3 Å². The van der Waals surface area contributed by atoms with Gasteiger partial charge in [-0.2, -0.15) is 0 Å². The minimum Gasteiger partial charge on any atom is -0.466 e. The Balaban J connectivity index is 1.25. The lowest BCUT2D eigenvalue weighted by molar-refractivity contribution is -0.143. The second kappa shape index (κ2) is 8.97. The molecule has 0 radical (unpaired) electrons. The summed E-state index contributed by atoms with van der Waals surface area (Å²) in [6.07, 6.45) is 13.1. The van der Waals surface area contributed by atoms with Crippen LogP contribution in [0.2, 0.25) is 0 Å². The van der Waals surface area contributed by atoms with E-state index in [2.05, 4.69) is 37.1 Å². The molecule has 0 unspecified atom stereocenters. The summed E-state index contributed by atoms with van der Waals surface area (Å²) in [5, 5.41) is 4.39. The van der Waals surface area contributed by atoms with Crippen LogP contribution in [0.5, 0.6) is 0 Å². The van der Waals surface area contributed by atoms with Crippen LogP contribution < -0.4 is 5.32 Å². The summed E-state index contributed by atoms with van der Waals surface area (Å²) in [6, 6.07) is 5.94. The molecule has 0 amide bonds. The molecule has 6 rings (SSSR count). The van der Waals surface area contributed by atoms with Gasteiger partial charge >= 0.3 is 5.97 Å². The smallest absolute Gasteiger partial charge is 0.302 e. The van der Waals surface area contributed by atoms with Crippen molar-refractivity contribution in [1.29, 1.82) is 0 Å². The molecule has 2 saturated carbocycles. The van der Waals surface area contributed by atoms with Crippen molar-refractivity contribution in [2.75, 3.05) is 11.9 Å². The number of nitrogens with zero attached hydrogens (tertiary/aromatic N) is 2. The number of pyridine rings is 1. The molecule has 4 aliphatic rings. The summed E-state index contributed by atoms with van der Waals surface area (Å²) < 4.78 is 5.44. The first kappa shape index (κ1) is 24.1. The molecule has 0 bridgehead atoms. The van der Waals surface area contributed by atoms with E-state index in [0.29, 0.717) is 23.9 Å². The molecule has 0 saturated heterocycles. The van der Waals surface area contributed by atoms with Crippen LogP contribution in [0.25, 0.3) is 5.57 Å². The van der Waals surface area contributed by atoms with Crippen LogP contribution in [0.1, 0.15) is 76.8 Å². The summed E-state index contributed by atoms with van der Waals surface area (Å²) in [5.41, 5.74) is 3.44. The number of aryl methyl sites for hydroxylation is 1. The van der Waals surface area contributed by atoms with Crippen molar-refractivity contribution in [3.63, 3.8) is 0 Å². The number of ether oxygens (including phenoxy) is 1.